The van der Waals surface area contributed by atoms with Gasteiger partial charge in [0.25, 0.3) is 5.91 Å². The molecule has 0 saturated carbocycles. The van der Waals surface area contributed by atoms with Gasteiger partial charge in [-0.2, -0.15) is 0 Å². The van der Waals surface area contributed by atoms with E-state index in [4.69, 9.17) is 0 Å². The first kappa shape index (κ1) is 30.4. The van der Waals surface area contributed by atoms with Gasteiger partial charge in [0.1, 0.15) is 0 Å². The van der Waals surface area contributed by atoms with E-state index in [2.05, 4.69) is 161 Å². The van der Waals surface area contributed by atoms with Gasteiger partial charge in [0.05, 0.1) is 5.41 Å². The molecule has 0 N–H and O–H groups in total. The molecule has 1 amide bonds. The maximum Gasteiger partial charge on any atom is 0.258 e. The first-order valence-corrected chi connectivity index (χ1v) is 16.5. The maximum absolute atomic E-state index is 14.4. The van der Waals surface area contributed by atoms with Gasteiger partial charge in [0, 0.05) is 22.2 Å². The highest BCUT2D eigenvalue weighted by Gasteiger charge is 2.49. The van der Waals surface area contributed by atoms with Crippen molar-refractivity contribution in [3.63, 3.8) is 0 Å². The Balaban J connectivity index is 1.56. The fourth-order valence-electron chi connectivity index (χ4n) is 8.11. The van der Waals surface area contributed by atoms with Crippen molar-refractivity contribution in [2.45, 2.75) is 50.5 Å². The molecule has 2 nitrogen and oxygen atoms in total. The Morgan fingerprint density at radius 2 is 1.04 bits per heavy atom. The van der Waals surface area contributed by atoms with Crippen LogP contribution in [0.5, 0.6) is 0 Å². The number of aryl methyl sites for hydroxylation is 1. The van der Waals surface area contributed by atoms with Gasteiger partial charge < -0.3 is 4.90 Å². The average Bonchev–Trinajstić information content (AvgIpc) is 3.10. The molecule has 232 valence electrons. The van der Waals surface area contributed by atoms with Gasteiger partial charge in [-0.3, -0.25) is 4.79 Å². The zero-order valence-electron chi connectivity index (χ0n) is 27.7. The van der Waals surface area contributed by atoms with Crippen molar-refractivity contribution in [1.29, 1.82) is 0 Å². The first-order valence-electron chi connectivity index (χ1n) is 16.5. The van der Waals surface area contributed by atoms with Crippen LogP contribution in [0.25, 0.3) is 0 Å². The van der Waals surface area contributed by atoms with Crippen LogP contribution in [0.1, 0.15) is 76.5 Å². The highest BCUT2D eigenvalue weighted by Crippen LogP contribution is 2.54. The molecule has 0 radical (unpaired) electrons. The summed E-state index contributed by atoms with van der Waals surface area (Å²) in [4.78, 5) is 16.5. The van der Waals surface area contributed by atoms with Crippen molar-refractivity contribution >= 4 is 11.6 Å². The van der Waals surface area contributed by atoms with Crippen LogP contribution in [0.2, 0.25) is 0 Å². The summed E-state index contributed by atoms with van der Waals surface area (Å²) < 4.78 is 0. The van der Waals surface area contributed by atoms with E-state index in [0.29, 0.717) is 5.56 Å². The summed E-state index contributed by atoms with van der Waals surface area (Å²) in [5.41, 5.74) is 8.68. The lowest BCUT2D eigenvalue weighted by Crippen LogP contribution is -2.56. The lowest BCUT2D eigenvalue weighted by Gasteiger charge is -2.52. The smallest absolute Gasteiger partial charge is 0.258 e. The van der Waals surface area contributed by atoms with Gasteiger partial charge in [-0.25, -0.2) is 0 Å². The molecule has 0 aliphatic carbocycles. The van der Waals surface area contributed by atoms with E-state index in [0.717, 1.165) is 17.7 Å². The van der Waals surface area contributed by atoms with E-state index < -0.39 is 11.0 Å². The second-order valence-corrected chi connectivity index (χ2v) is 13.8. The van der Waals surface area contributed by atoms with Crippen LogP contribution >= 0.6 is 0 Å². The van der Waals surface area contributed by atoms with E-state index in [9.17, 15) is 4.79 Å². The average molecular weight is 612 g/mol. The number of carbonyl (C=O) groups is 1. The van der Waals surface area contributed by atoms with Crippen molar-refractivity contribution < 1.29 is 4.79 Å². The van der Waals surface area contributed by atoms with Crippen LogP contribution in [-0.4, -0.2) is 11.4 Å². The molecule has 1 atom stereocenters. The van der Waals surface area contributed by atoms with Crippen molar-refractivity contribution in [2.24, 2.45) is 0 Å². The SMILES string of the molecule is Cc1ccc(C2(C)CC(C)(C)N(C(=O)c3ccccc3)c3ccc(C(c4ccccc4)(c4ccccc4)c4ccccc4)cc32)cc1. The topological polar surface area (TPSA) is 20.3 Å². The van der Waals surface area contributed by atoms with Crippen molar-refractivity contribution in [1.82, 2.24) is 0 Å². The Bertz CT molecular complexity index is 1900. The molecule has 0 saturated heterocycles. The Hall–Kier alpha value is -5.21. The third kappa shape index (κ3) is 5.09. The number of anilines is 1. The monoisotopic (exact) mass is 611 g/mol. The number of hydrogen-bond donors (Lipinski definition) is 0. The molecule has 1 aliphatic rings. The van der Waals surface area contributed by atoms with Crippen LogP contribution in [0, 0.1) is 6.92 Å². The maximum atomic E-state index is 14.4. The Labute approximate surface area is 279 Å². The fraction of sp³-hybridized carbons (Fsp3) is 0.178. The van der Waals surface area contributed by atoms with Gasteiger partial charge in [-0.05, 0) is 78.8 Å². The minimum atomic E-state index is -0.589. The molecule has 0 fully saturated rings. The van der Waals surface area contributed by atoms with Gasteiger partial charge in [0.2, 0.25) is 0 Å². The number of amides is 1. The summed E-state index contributed by atoms with van der Waals surface area (Å²) in [6.45, 7) is 8.91. The summed E-state index contributed by atoms with van der Waals surface area (Å²) in [5, 5.41) is 0. The number of carbonyl (C=O) groups excluding carboxylic acids is 1. The van der Waals surface area contributed by atoms with E-state index in [1.54, 1.807) is 0 Å². The Morgan fingerprint density at radius 1 is 0.574 bits per heavy atom. The predicted octanol–water partition coefficient (Wildman–Crippen LogP) is 10.5. The largest absolute Gasteiger partial charge is 0.302 e. The van der Waals surface area contributed by atoms with Gasteiger partial charge in [-0.15, -0.1) is 0 Å². The highest BCUT2D eigenvalue weighted by atomic mass is 16.2. The van der Waals surface area contributed by atoms with E-state index in [1.165, 1.54) is 33.4 Å². The molecule has 1 heterocycles. The summed E-state index contributed by atoms with van der Waals surface area (Å²) in [6.07, 6.45) is 0.771. The molecule has 1 aliphatic heterocycles. The van der Waals surface area contributed by atoms with E-state index in [1.807, 2.05) is 35.2 Å². The first-order chi connectivity index (χ1) is 22.7. The third-order valence-corrected chi connectivity index (χ3v) is 10.2. The van der Waals surface area contributed by atoms with Crippen LogP contribution in [-0.2, 0) is 10.8 Å². The van der Waals surface area contributed by atoms with Gasteiger partial charge in [-0.1, -0.05) is 158 Å². The predicted molar refractivity (Wildman–Crippen MR) is 194 cm³/mol. The van der Waals surface area contributed by atoms with Gasteiger partial charge in [0.15, 0.2) is 0 Å². The molecule has 0 spiro atoms. The third-order valence-electron chi connectivity index (χ3n) is 10.2. The minimum absolute atomic E-state index is 0.0241. The highest BCUT2D eigenvalue weighted by molar-refractivity contribution is 6.08. The van der Waals surface area contributed by atoms with Crippen LogP contribution < -0.4 is 4.90 Å². The second kappa shape index (κ2) is 11.9. The molecule has 7 rings (SSSR count). The molecule has 47 heavy (non-hydrogen) atoms. The number of nitrogens with zero attached hydrogens (tertiary/aromatic N) is 1. The Kier molecular flexibility index (Phi) is 7.68. The van der Waals surface area contributed by atoms with Crippen LogP contribution in [0.3, 0.4) is 0 Å². The molecule has 1 unspecified atom stereocenters. The van der Waals surface area contributed by atoms with E-state index >= 15 is 0 Å². The zero-order chi connectivity index (χ0) is 32.6. The summed E-state index contributed by atoms with van der Waals surface area (Å²) >= 11 is 0. The lowest BCUT2D eigenvalue weighted by molar-refractivity contribution is 0.0948. The molecule has 6 aromatic carbocycles. The lowest BCUT2D eigenvalue weighted by atomic mass is 9.61. The fourth-order valence-corrected chi connectivity index (χ4v) is 8.11. The molecular formula is C45H41NO. The molecule has 0 aromatic heterocycles. The van der Waals surface area contributed by atoms with Crippen molar-refractivity contribution in [2.75, 3.05) is 4.90 Å². The number of hydrogen-bond acceptors (Lipinski definition) is 1. The molecular weight excluding hydrogens is 571 g/mol. The van der Waals surface area contributed by atoms with E-state index in [-0.39, 0.29) is 11.3 Å². The quantitative estimate of drug-likeness (QED) is 0.172. The van der Waals surface area contributed by atoms with Crippen LogP contribution in [0.4, 0.5) is 5.69 Å². The summed E-state index contributed by atoms with van der Waals surface area (Å²) in [6, 6.07) is 58.0. The standard InChI is InChI=1S/C45H41NO/c1-33-25-27-35(28-26-33)44(4)32-43(2,3)46(42(47)34-17-9-5-10-18-34)41-30-29-39(31-40(41)44)45(36-19-11-6-12-20-36,37-21-13-7-14-22-37)38-23-15-8-16-24-38/h5-31H,32H2,1-4H3. The summed E-state index contributed by atoms with van der Waals surface area (Å²) in [7, 11) is 0. The minimum Gasteiger partial charge on any atom is -0.302 e. The Morgan fingerprint density at radius 3 is 1.53 bits per heavy atom. The second-order valence-electron chi connectivity index (χ2n) is 13.8. The molecule has 2 heteroatoms. The molecule has 6 aromatic rings. The van der Waals surface area contributed by atoms with Crippen molar-refractivity contribution in [3.8, 4) is 0 Å². The number of benzene rings is 6. The number of rotatable bonds is 6. The molecule has 0 bridgehead atoms. The number of fused-ring (bicyclic) bond motifs is 1. The van der Waals surface area contributed by atoms with Gasteiger partial charge >= 0.3 is 0 Å². The normalized spacial score (nSPS) is 17.1. The van der Waals surface area contributed by atoms with Crippen LogP contribution in [0.15, 0.2) is 164 Å². The summed E-state index contributed by atoms with van der Waals surface area (Å²) in [5.74, 6) is 0.0241. The zero-order valence-corrected chi connectivity index (χ0v) is 27.7. The van der Waals surface area contributed by atoms with Crippen molar-refractivity contribution in [3.05, 3.63) is 208 Å².